The lowest BCUT2D eigenvalue weighted by Crippen LogP contribution is -2.52. The van der Waals surface area contributed by atoms with Crippen LogP contribution in [-0.4, -0.2) is 53.8 Å². The number of nitrogens with one attached hydrogen (secondary N) is 1. The number of halogens is 1. The van der Waals surface area contributed by atoms with Crippen molar-refractivity contribution in [2.24, 2.45) is 4.99 Å². The van der Waals surface area contributed by atoms with E-state index in [1.165, 1.54) is 0 Å². The number of piperazine rings is 1. The second-order valence-electron chi connectivity index (χ2n) is 6.27. The minimum Gasteiger partial charge on any atom is -0.506 e. The third-order valence-corrected chi connectivity index (χ3v) is 4.49. The molecule has 1 aromatic carbocycles. The van der Waals surface area contributed by atoms with Gasteiger partial charge in [-0.25, -0.2) is 4.99 Å². The fourth-order valence-electron chi connectivity index (χ4n) is 3.07. The number of benzene rings is 1. The van der Waals surface area contributed by atoms with Crippen LogP contribution in [0.1, 0.15) is 25.3 Å². The molecule has 0 atom stereocenters. The van der Waals surface area contributed by atoms with Crippen LogP contribution < -0.4 is 10.2 Å². The standard InChI is InChI=1S/C19H27N5O2.HI/c1-3-15-13-16(26-22-15)14-21-19(20-4-2)24-11-9-23(10-12-24)17-7-5-6-8-18(17)25;/h5-8,13,25H,3-4,9-12,14H2,1-2H3,(H,20,21);1H. The number of nitrogens with zero attached hydrogens (tertiary/aromatic N) is 4. The SMILES string of the molecule is CCNC(=NCc1cc(CC)no1)N1CCN(c2ccccc2O)CC1.I. The highest BCUT2D eigenvalue weighted by Gasteiger charge is 2.21. The van der Waals surface area contributed by atoms with E-state index in [0.717, 1.165) is 62.2 Å². The van der Waals surface area contributed by atoms with Gasteiger partial charge in [0.15, 0.2) is 11.7 Å². The van der Waals surface area contributed by atoms with Crippen LogP contribution in [0.4, 0.5) is 5.69 Å². The second kappa shape index (κ2) is 10.4. The Morgan fingerprint density at radius 2 is 1.96 bits per heavy atom. The van der Waals surface area contributed by atoms with E-state index in [1.54, 1.807) is 6.07 Å². The van der Waals surface area contributed by atoms with Gasteiger partial charge in [0.1, 0.15) is 12.3 Å². The van der Waals surface area contributed by atoms with E-state index >= 15 is 0 Å². The van der Waals surface area contributed by atoms with Crippen LogP contribution in [0, 0.1) is 0 Å². The second-order valence-corrected chi connectivity index (χ2v) is 6.27. The van der Waals surface area contributed by atoms with Crippen molar-refractivity contribution in [1.29, 1.82) is 0 Å². The maximum absolute atomic E-state index is 10.0. The van der Waals surface area contributed by atoms with Crippen LogP contribution >= 0.6 is 24.0 Å². The van der Waals surface area contributed by atoms with Crippen molar-refractivity contribution in [3.05, 3.63) is 41.8 Å². The van der Waals surface area contributed by atoms with E-state index in [9.17, 15) is 5.11 Å². The molecule has 1 fully saturated rings. The number of rotatable bonds is 5. The smallest absolute Gasteiger partial charge is 0.194 e. The number of hydrogen-bond donors (Lipinski definition) is 2. The summed E-state index contributed by atoms with van der Waals surface area (Å²) in [5.74, 6) is 2.00. The van der Waals surface area contributed by atoms with Crippen LogP contribution in [-0.2, 0) is 13.0 Å². The van der Waals surface area contributed by atoms with Gasteiger partial charge in [-0.2, -0.15) is 0 Å². The molecular formula is C19H28IN5O2. The van der Waals surface area contributed by atoms with Gasteiger partial charge < -0.3 is 24.7 Å². The number of anilines is 1. The molecule has 1 saturated heterocycles. The Morgan fingerprint density at radius 1 is 1.22 bits per heavy atom. The molecule has 1 aliphatic rings. The van der Waals surface area contributed by atoms with Crippen molar-refractivity contribution in [2.45, 2.75) is 26.8 Å². The molecule has 8 heteroatoms. The average Bonchev–Trinajstić information content (AvgIpc) is 3.14. The molecule has 148 valence electrons. The molecule has 1 aliphatic heterocycles. The highest BCUT2D eigenvalue weighted by molar-refractivity contribution is 14.0. The molecule has 0 radical (unpaired) electrons. The highest BCUT2D eigenvalue weighted by atomic mass is 127. The van der Waals surface area contributed by atoms with Gasteiger partial charge in [0.05, 0.1) is 11.4 Å². The first kappa shape index (κ1) is 21.3. The first-order valence-corrected chi connectivity index (χ1v) is 9.22. The molecule has 2 aromatic rings. The van der Waals surface area contributed by atoms with E-state index in [0.29, 0.717) is 12.3 Å². The van der Waals surface area contributed by atoms with Crippen molar-refractivity contribution in [2.75, 3.05) is 37.6 Å². The molecule has 0 saturated carbocycles. The minimum atomic E-state index is 0. The Kier molecular flexibility index (Phi) is 8.21. The van der Waals surface area contributed by atoms with E-state index in [4.69, 9.17) is 9.52 Å². The highest BCUT2D eigenvalue weighted by Crippen LogP contribution is 2.27. The summed E-state index contributed by atoms with van der Waals surface area (Å²) in [6.07, 6.45) is 0.863. The predicted octanol–water partition coefficient (Wildman–Crippen LogP) is 2.85. The van der Waals surface area contributed by atoms with Crippen molar-refractivity contribution in [3.63, 3.8) is 0 Å². The summed E-state index contributed by atoms with van der Waals surface area (Å²) in [6, 6.07) is 9.45. The Labute approximate surface area is 177 Å². The molecule has 0 aliphatic carbocycles. The molecule has 2 heterocycles. The topological polar surface area (TPSA) is 77.1 Å². The average molecular weight is 485 g/mol. The van der Waals surface area contributed by atoms with Gasteiger partial charge in [0, 0.05) is 38.8 Å². The lowest BCUT2D eigenvalue weighted by molar-refractivity contribution is 0.363. The Bertz CT molecular complexity index is 741. The number of phenolic OH excluding ortho intramolecular Hbond substituents is 1. The zero-order valence-electron chi connectivity index (χ0n) is 15.9. The maximum atomic E-state index is 10.0. The summed E-state index contributed by atoms with van der Waals surface area (Å²) >= 11 is 0. The molecule has 27 heavy (non-hydrogen) atoms. The molecule has 2 N–H and O–H groups in total. The van der Waals surface area contributed by atoms with E-state index < -0.39 is 0 Å². The fourth-order valence-corrected chi connectivity index (χ4v) is 3.07. The van der Waals surface area contributed by atoms with Gasteiger partial charge in [-0.05, 0) is 25.5 Å². The van der Waals surface area contributed by atoms with Crippen LogP contribution in [0.5, 0.6) is 5.75 Å². The monoisotopic (exact) mass is 485 g/mol. The summed E-state index contributed by atoms with van der Waals surface area (Å²) < 4.78 is 5.32. The number of aryl methyl sites for hydroxylation is 1. The number of phenols is 1. The van der Waals surface area contributed by atoms with Crippen LogP contribution in [0.15, 0.2) is 39.8 Å². The van der Waals surface area contributed by atoms with Crippen LogP contribution in [0.25, 0.3) is 0 Å². The fraction of sp³-hybridized carbons (Fsp3) is 0.474. The molecule has 1 aromatic heterocycles. The third kappa shape index (κ3) is 5.50. The first-order valence-electron chi connectivity index (χ1n) is 9.22. The van der Waals surface area contributed by atoms with Crippen molar-refractivity contribution in [1.82, 2.24) is 15.4 Å². The van der Waals surface area contributed by atoms with E-state index in [2.05, 4.69) is 34.1 Å². The number of aromatic nitrogens is 1. The molecule has 7 nitrogen and oxygen atoms in total. The summed E-state index contributed by atoms with van der Waals surface area (Å²) in [5.41, 5.74) is 1.85. The normalized spacial score (nSPS) is 14.8. The van der Waals surface area contributed by atoms with Gasteiger partial charge in [0.2, 0.25) is 0 Å². The Balaban J connectivity index is 0.00000261. The first-order chi connectivity index (χ1) is 12.7. The van der Waals surface area contributed by atoms with Crippen molar-refractivity contribution in [3.8, 4) is 5.75 Å². The number of aliphatic imine (C=N–C) groups is 1. The molecule has 3 rings (SSSR count). The number of guanidine groups is 1. The van der Waals surface area contributed by atoms with Crippen LogP contribution in [0.2, 0.25) is 0 Å². The van der Waals surface area contributed by atoms with Gasteiger partial charge in [-0.3, -0.25) is 0 Å². The van der Waals surface area contributed by atoms with Crippen molar-refractivity contribution < 1.29 is 9.63 Å². The Morgan fingerprint density at radius 3 is 2.59 bits per heavy atom. The summed E-state index contributed by atoms with van der Waals surface area (Å²) in [7, 11) is 0. The lowest BCUT2D eigenvalue weighted by Gasteiger charge is -2.37. The van der Waals surface area contributed by atoms with E-state index in [-0.39, 0.29) is 24.0 Å². The third-order valence-electron chi connectivity index (χ3n) is 4.49. The largest absolute Gasteiger partial charge is 0.506 e. The number of para-hydroxylation sites is 2. The lowest BCUT2D eigenvalue weighted by atomic mass is 10.2. The van der Waals surface area contributed by atoms with Crippen molar-refractivity contribution >= 4 is 35.6 Å². The zero-order chi connectivity index (χ0) is 18.4. The maximum Gasteiger partial charge on any atom is 0.194 e. The molecule has 0 bridgehead atoms. The summed E-state index contributed by atoms with van der Waals surface area (Å²) in [5, 5.41) is 17.4. The van der Waals surface area contributed by atoms with Crippen LogP contribution in [0.3, 0.4) is 0 Å². The predicted molar refractivity (Wildman–Crippen MR) is 118 cm³/mol. The molecule has 0 unspecified atom stereocenters. The van der Waals surface area contributed by atoms with Gasteiger partial charge >= 0.3 is 0 Å². The van der Waals surface area contributed by atoms with Gasteiger partial charge in [-0.1, -0.05) is 24.2 Å². The van der Waals surface area contributed by atoms with Gasteiger partial charge in [-0.15, -0.1) is 24.0 Å². The minimum absolute atomic E-state index is 0. The number of hydrogen-bond acceptors (Lipinski definition) is 5. The van der Waals surface area contributed by atoms with E-state index in [1.807, 2.05) is 24.3 Å². The molecule has 0 spiro atoms. The summed E-state index contributed by atoms with van der Waals surface area (Å²) in [4.78, 5) is 9.15. The molecule has 0 amide bonds. The molecular weight excluding hydrogens is 457 g/mol. The number of aromatic hydroxyl groups is 1. The Hall–Kier alpha value is -1.97. The zero-order valence-corrected chi connectivity index (χ0v) is 18.2. The van der Waals surface area contributed by atoms with Gasteiger partial charge in [0.25, 0.3) is 0 Å². The summed E-state index contributed by atoms with van der Waals surface area (Å²) in [6.45, 7) is 8.78. The quantitative estimate of drug-likeness (QED) is 0.386.